The van der Waals surface area contributed by atoms with Gasteiger partial charge in [-0.05, 0) is 32.0 Å². The third kappa shape index (κ3) is 3.33. The molecule has 0 atom stereocenters. The van der Waals surface area contributed by atoms with Crippen LogP contribution in [-0.4, -0.2) is 36.5 Å². The van der Waals surface area contributed by atoms with Crippen molar-refractivity contribution in [1.82, 2.24) is 4.90 Å². The van der Waals surface area contributed by atoms with Crippen LogP contribution in [0.2, 0.25) is 0 Å². The minimum Gasteiger partial charge on any atom is -0.329 e. The summed E-state index contributed by atoms with van der Waals surface area (Å²) >= 11 is 0. The molecule has 1 saturated carbocycles. The number of carbonyl (C=O) groups is 1. The highest BCUT2D eigenvalue weighted by Crippen LogP contribution is 2.33. The second-order valence-corrected chi connectivity index (χ2v) is 5.41. The number of benzene rings is 1. The zero-order valence-corrected chi connectivity index (χ0v) is 11.6. The monoisotopic (exact) mass is 261 g/mol. The molecule has 0 bridgehead atoms. The number of para-hydroxylation sites is 1. The first-order chi connectivity index (χ1) is 9.16. The third-order valence-electron chi connectivity index (χ3n) is 4.16. The molecular weight excluding hydrogens is 238 g/mol. The van der Waals surface area contributed by atoms with E-state index in [4.69, 9.17) is 5.73 Å². The van der Waals surface area contributed by atoms with E-state index in [9.17, 15) is 4.79 Å². The summed E-state index contributed by atoms with van der Waals surface area (Å²) in [5.41, 5.74) is 6.79. The SMILES string of the molecule is CN(CC(=O)Nc1ccccc1)C1(CN)CCCC1. The van der Waals surface area contributed by atoms with Crippen LogP contribution in [0.1, 0.15) is 25.7 Å². The van der Waals surface area contributed by atoms with Crippen molar-refractivity contribution < 1.29 is 4.79 Å². The Balaban J connectivity index is 1.91. The number of nitrogens with zero attached hydrogens (tertiary/aromatic N) is 1. The van der Waals surface area contributed by atoms with Gasteiger partial charge in [-0.15, -0.1) is 0 Å². The minimum absolute atomic E-state index is 0.0217. The summed E-state index contributed by atoms with van der Waals surface area (Å²) in [5, 5.41) is 2.92. The molecule has 0 aromatic heterocycles. The molecule has 3 N–H and O–H groups in total. The third-order valence-corrected chi connectivity index (χ3v) is 4.16. The van der Waals surface area contributed by atoms with Crippen LogP contribution in [0.5, 0.6) is 0 Å². The molecule has 0 aliphatic heterocycles. The van der Waals surface area contributed by atoms with Crippen molar-refractivity contribution in [2.24, 2.45) is 5.73 Å². The molecule has 0 heterocycles. The second-order valence-electron chi connectivity index (χ2n) is 5.41. The highest BCUT2D eigenvalue weighted by Gasteiger charge is 2.36. The average molecular weight is 261 g/mol. The van der Waals surface area contributed by atoms with Crippen molar-refractivity contribution in [3.63, 3.8) is 0 Å². The van der Waals surface area contributed by atoms with Crippen LogP contribution < -0.4 is 11.1 Å². The van der Waals surface area contributed by atoms with Gasteiger partial charge in [-0.1, -0.05) is 31.0 Å². The molecule has 1 amide bonds. The van der Waals surface area contributed by atoms with E-state index in [1.165, 1.54) is 12.8 Å². The van der Waals surface area contributed by atoms with Gasteiger partial charge in [-0.2, -0.15) is 0 Å². The second kappa shape index (κ2) is 6.17. The molecule has 1 aliphatic rings. The molecule has 1 aromatic rings. The maximum absolute atomic E-state index is 12.0. The number of amides is 1. The van der Waals surface area contributed by atoms with Gasteiger partial charge in [-0.3, -0.25) is 9.69 Å². The summed E-state index contributed by atoms with van der Waals surface area (Å²) in [6, 6.07) is 9.55. The highest BCUT2D eigenvalue weighted by atomic mass is 16.2. The summed E-state index contributed by atoms with van der Waals surface area (Å²) in [7, 11) is 2.00. The first kappa shape index (κ1) is 14.0. The van der Waals surface area contributed by atoms with Crippen LogP contribution in [-0.2, 0) is 4.79 Å². The van der Waals surface area contributed by atoms with E-state index in [1.807, 2.05) is 37.4 Å². The van der Waals surface area contributed by atoms with Crippen LogP contribution in [0.25, 0.3) is 0 Å². The Morgan fingerprint density at radius 1 is 1.32 bits per heavy atom. The topological polar surface area (TPSA) is 58.4 Å². The molecule has 0 radical (unpaired) electrons. The molecule has 19 heavy (non-hydrogen) atoms. The van der Waals surface area contributed by atoms with Crippen LogP contribution in [0.3, 0.4) is 0 Å². The average Bonchev–Trinajstić information content (AvgIpc) is 2.89. The lowest BCUT2D eigenvalue weighted by molar-refractivity contribution is -0.118. The smallest absolute Gasteiger partial charge is 0.238 e. The fourth-order valence-corrected chi connectivity index (χ4v) is 2.88. The maximum atomic E-state index is 12.0. The van der Waals surface area contributed by atoms with Gasteiger partial charge in [0.2, 0.25) is 5.91 Å². The van der Waals surface area contributed by atoms with Crippen molar-refractivity contribution in [1.29, 1.82) is 0 Å². The van der Waals surface area contributed by atoms with Crippen molar-refractivity contribution in [3.05, 3.63) is 30.3 Å². The number of carbonyl (C=O) groups excluding carboxylic acids is 1. The van der Waals surface area contributed by atoms with E-state index in [0.29, 0.717) is 13.1 Å². The number of nitrogens with two attached hydrogens (primary N) is 1. The van der Waals surface area contributed by atoms with E-state index in [2.05, 4.69) is 10.2 Å². The zero-order valence-electron chi connectivity index (χ0n) is 11.6. The number of nitrogens with one attached hydrogen (secondary N) is 1. The Morgan fingerprint density at radius 2 is 1.95 bits per heavy atom. The van der Waals surface area contributed by atoms with Gasteiger partial charge in [0.1, 0.15) is 0 Å². The lowest BCUT2D eigenvalue weighted by Gasteiger charge is -2.37. The van der Waals surface area contributed by atoms with Gasteiger partial charge in [0.05, 0.1) is 6.54 Å². The predicted molar refractivity (Wildman–Crippen MR) is 78.0 cm³/mol. The summed E-state index contributed by atoms with van der Waals surface area (Å²) in [4.78, 5) is 14.2. The number of anilines is 1. The first-order valence-corrected chi connectivity index (χ1v) is 6.92. The largest absolute Gasteiger partial charge is 0.329 e. The summed E-state index contributed by atoms with van der Waals surface area (Å²) < 4.78 is 0. The van der Waals surface area contributed by atoms with E-state index < -0.39 is 0 Å². The van der Waals surface area contributed by atoms with Gasteiger partial charge in [0.25, 0.3) is 0 Å². The molecule has 4 heteroatoms. The first-order valence-electron chi connectivity index (χ1n) is 6.92. The molecule has 4 nitrogen and oxygen atoms in total. The number of hydrogen-bond donors (Lipinski definition) is 2. The van der Waals surface area contributed by atoms with Gasteiger partial charge in [0.15, 0.2) is 0 Å². The molecule has 1 aliphatic carbocycles. The Labute approximate surface area is 115 Å². The van der Waals surface area contributed by atoms with Crippen molar-refractivity contribution in [2.75, 3.05) is 25.5 Å². The number of hydrogen-bond acceptors (Lipinski definition) is 3. The Morgan fingerprint density at radius 3 is 2.53 bits per heavy atom. The molecule has 0 unspecified atom stereocenters. The summed E-state index contributed by atoms with van der Waals surface area (Å²) in [5.74, 6) is 0.0217. The number of rotatable bonds is 5. The van der Waals surface area contributed by atoms with Crippen LogP contribution in [0, 0.1) is 0 Å². The fourth-order valence-electron chi connectivity index (χ4n) is 2.88. The Hall–Kier alpha value is -1.39. The molecule has 1 fully saturated rings. The maximum Gasteiger partial charge on any atom is 0.238 e. The lowest BCUT2D eigenvalue weighted by atomic mass is 9.96. The number of likely N-dealkylation sites (N-methyl/N-ethyl adjacent to an activating group) is 1. The van der Waals surface area contributed by atoms with Gasteiger partial charge in [0, 0.05) is 17.8 Å². The fraction of sp³-hybridized carbons (Fsp3) is 0.533. The normalized spacial score (nSPS) is 17.6. The molecule has 1 aromatic carbocycles. The standard InChI is InChI=1S/C15H23N3O/c1-18(15(12-16)9-5-6-10-15)11-14(19)17-13-7-3-2-4-8-13/h2-4,7-8H,5-6,9-12,16H2,1H3,(H,17,19). The summed E-state index contributed by atoms with van der Waals surface area (Å²) in [6.45, 7) is 1.02. The van der Waals surface area contributed by atoms with E-state index >= 15 is 0 Å². The van der Waals surface area contributed by atoms with E-state index in [0.717, 1.165) is 18.5 Å². The van der Waals surface area contributed by atoms with E-state index in [1.54, 1.807) is 0 Å². The molecule has 0 spiro atoms. The van der Waals surface area contributed by atoms with Crippen molar-refractivity contribution in [2.45, 2.75) is 31.2 Å². The Bertz CT molecular complexity index is 413. The molecular formula is C15H23N3O. The van der Waals surface area contributed by atoms with Crippen LogP contribution in [0.15, 0.2) is 30.3 Å². The minimum atomic E-state index is 0.0217. The van der Waals surface area contributed by atoms with Crippen LogP contribution >= 0.6 is 0 Å². The highest BCUT2D eigenvalue weighted by molar-refractivity contribution is 5.92. The van der Waals surface area contributed by atoms with Crippen molar-refractivity contribution in [3.8, 4) is 0 Å². The molecule has 0 saturated heterocycles. The van der Waals surface area contributed by atoms with Gasteiger partial charge in [-0.25, -0.2) is 0 Å². The van der Waals surface area contributed by atoms with Gasteiger partial charge < -0.3 is 11.1 Å². The quantitative estimate of drug-likeness (QED) is 0.850. The summed E-state index contributed by atoms with van der Waals surface area (Å²) in [6.07, 6.45) is 4.61. The molecule has 2 rings (SSSR count). The van der Waals surface area contributed by atoms with E-state index in [-0.39, 0.29) is 11.4 Å². The Kier molecular flexibility index (Phi) is 4.56. The molecule has 104 valence electrons. The van der Waals surface area contributed by atoms with Crippen LogP contribution in [0.4, 0.5) is 5.69 Å². The van der Waals surface area contributed by atoms with Crippen molar-refractivity contribution >= 4 is 11.6 Å². The zero-order chi connectivity index (χ0) is 13.7. The lowest BCUT2D eigenvalue weighted by Crippen LogP contribution is -2.52. The van der Waals surface area contributed by atoms with Gasteiger partial charge >= 0.3 is 0 Å². The predicted octanol–water partition coefficient (Wildman–Crippen LogP) is 1.83.